The molecule has 0 aliphatic heterocycles. The molecule has 0 saturated carbocycles. The van der Waals surface area contributed by atoms with Gasteiger partial charge >= 0.3 is 0 Å². The Balaban J connectivity index is 2.41. The summed E-state index contributed by atoms with van der Waals surface area (Å²) < 4.78 is 2.38. The lowest BCUT2D eigenvalue weighted by atomic mass is 9.98. The highest BCUT2D eigenvalue weighted by Gasteiger charge is 2.25. The van der Waals surface area contributed by atoms with E-state index in [0.717, 1.165) is 6.42 Å². The van der Waals surface area contributed by atoms with E-state index < -0.39 is 0 Å². The Kier molecular flexibility index (Phi) is 2.68. The van der Waals surface area contributed by atoms with Gasteiger partial charge in [0.1, 0.15) is 0 Å². The first-order valence-electron chi connectivity index (χ1n) is 5.66. The molecule has 0 heterocycles. The molecule has 17 heavy (non-hydrogen) atoms. The van der Waals surface area contributed by atoms with Gasteiger partial charge in [0.15, 0.2) is 0 Å². The second kappa shape index (κ2) is 3.96. The van der Waals surface area contributed by atoms with Gasteiger partial charge in [0.25, 0.3) is 0 Å². The van der Waals surface area contributed by atoms with Crippen LogP contribution in [-0.2, 0) is 6.42 Å². The molecule has 0 radical (unpaired) electrons. The Morgan fingerprint density at radius 2 is 1.65 bits per heavy atom. The summed E-state index contributed by atoms with van der Waals surface area (Å²) in [4.78, 5) is 0. The smallest absolute Gasteiger partial charge is 0.0401 e. The molecular weight excluding hydrogens is 340 g/mol. The van der Waals surface area contributed by atoms with E-state index >= 15 is 0 Å². The SMILES string of the molecule is Cc1c(C)c2c(c(Br)c1Br)-c1ccccc1C2. The van der Waals surface area contributed by atoms with Gasteiger partial charge < -0.3 is 0 Å². The van der Waals surface area contributed by atoms with E-state index in [0.29, 0.717) is 0 Å². The maximum absolute atomic E-state index is 3.74. The average Bonchev–Trinajstić information content (AvgIpc) is 2.73. The fourth-order valence-electron chi connectivity index (χ4n) is 2.60. The molecular formula is C15H12Br2. The van der Waals surface area contributed by atoms with Gasteiger partial charge in [0, 0.05) is 14.5 Å². The minimum absolute atomic E-state index is 1.06. The van der Waals surface area contributed by atoms with Crippen molar-refractivity contribution in [2.75, 3.05) is 0 Å². The van der Waals surface area contributed by atoms with Crippen molar-refractivity contribution in [3.8, 4) is 11.1 Å². The lowest BCUT2D eigenvalue weighted by Gasteiger charge is -2.13. The van der Waals surface area contributed by atoms with E-state index in [1.165, 1.54) is 42.3 Å². The summed E-state index contributed by atoms with van der Waals surface area (Å²) in [5.74, 6) is 0. The maximum Gasteiger partial charge on any atom is 0.0401 e. The van der Waals surface area contributed by atoms with Gasteiger partial charge in [-0.3, -0.25) is 0 Å². The highest BCUT2D eigenvalue weighted by Crippen LogP contribution is 2.47. The van der Waals surface area contributed by atoms with E-state index in [2.05, 4.69) is 70.0 Å². The van der Waals surface area contributed by atoms with Crippen molar-refractivity contribution >= 4 is 31.9 Å². The van der Waals surface area contributed by atoms with Crippen molar-refractivity contribution in [1.82, 2.24) is 0 Å². The molecule has 86 valence electrons. The third kappa shape index (κ3) is 1.54. The molecule has 0 amide bonds. The molecule has 0 aromatic heterocycles. The molecule has 0 fully saturated rings. The zero-order valence-corrected chi connectivity index (χ0v) is 12.9. The van der Waals surface area contributed by atoms with Crippen LogP contribution in [0.5, 0.6) is 0 Å². The third-order valence-corrected chi connectivity index (χ3v) is 6.03. The molecule has 0 spiro atoms. The van der Waals surface area contributed by atoms with Crippen molar-refractivity contribution in [3.05, 3.63) is 55.5 Å². The molecule has 0 saturated heterocycles. The molecule has 0 N–H and O–H groups in total. The Bertz CT molecular complexity index is 627. The number of hydrogen-bond acceptors (Lipinski definition) is 0. The predicted molar refractivity (Wildman–Crippen MR) is 79.6 cm³/mol. The van der Waals surface area contributed by atoms with Gasteiger partial charge in [-0.25, -0.2) is 0 Å². The summed E-state index contributed by atoms with van der Waals surface area (Å²) >= 11 is 7.43. The molecule has 2 aromatic carbocycles. The van der Waals surface area contributed by atoms with Gasteiger partial charge in [-0.15, -0.1) is 0 Å². The van der Waals surface area contributed by atoms with Crippen molar-refractivity contribution < 1.29 is 0 Å². The van der Waals surface area contributed by atoms with Crippen LogP contribution in [0.25, 0.3) is 11.1 Å². The number of benzene rings is 2. The third-order valence-electron chi connectivity index (χ3n) is 3.71. The van der Waals surface area contributed by atoms with Crippen LogP contribution in [-0.4, -0.2) is 0 Å². The molecule has 1 aliphatic carbocycles. The largest absolute Gasteiger partial charge is 0.0619 e. The summed E-state index contributed by atoms with van der Waals surface area (Å²) in [6, 6.07) is 8.68. The van der Waals surface area contributed by atoms with E-state index in [1.807, 2.05) is 0 Å². The van der Waals surface area contributed by atoms with Crippen molar-refractivity contribution in [2.45, 2.75) is 20.3 Å². The standard InChI is InChI=1S/C15H12Br2/c1-8-9(2)14(16)15(17)13-11-6-4-3-5-10(11)7-12(8)13/h3-6H,7H2,1-2H3. The molecule has 0 unspecified atom stereocenters. The summed E-state index contributed by atoms with van der Waals surface area (Å²) in [5.41, 5.74) is 8.39. The Morgan fingerprint density at radius 1 is 0.941 bits per heavy atom. The second-order valence-corrected chi connectivity index (χ2v) is 6.15. The van der Waals surface area contributed by atoms with Gasteiger partial charge in [-0.05, 0) is 79.9 Å². The van der Waals surface area contributed by atoms with E-state index in [-0.39, 0.29) is 0 Å². The zero-order valence-electron chi connectivity index (χ0n) is 9.77. The number of rotatable bonds is 0. The molecule has 1 aliphatic rings. The molecule has 0 atom stereocenters. The van der Waals surface area contributed by atoms with Crippen LogP contribution in [0.2, 0.25) is 0 Å². The Morgan fingerprint density at radius 3 is 2.41 bits per heavy atom. The molecule has 2 aromatic rings. The maximum atomic E-state index is 3.74. The second-order valence-electron chi connectivity index (χ2n) is 4.57. The van der Waals surface area contributed by atoms with Gasteiger partial charge in [-0.1, -0.05) is 24.3 Å². The summed E-state index contributed by atoms with van der Waals surface area (Å²) in [5, 5.41) is 0. The van der Waals surface area contributed by atoms with Gasteiger partial charge in [0.2, 0.25) is 0 Å². The van der Waals surface area contributed by atoms with Crippen LogP contribution in [0.1, 0.15) is 22.3 Å². The van der Waals surface area contributed by atoms with Crippen LogP contribution in [0.3, 0.4) is 0 Å². The fourth-order valence-corrected chi connectivity index (χ4v) is 3.84. The van der Waals surface area contributed by atoms with Crippen LogP contribution >= 0.6 is 31.9 Å². The normalized spacial score (nSPS) is 12.5. The number of fused-ring (bicyclic) bond motifs is 3. The molecule has 2 heteroatoms. The average molecular weight is 352 g/mol. The monoisotopic (exact) mass is 350 g/mol. The van der Waals surface area contributed by atoms with Crippen LogP contribution in [0.4, 0.5) is 0 Å². The summed E-state index contributed by atoms with van der Waals surface area (Å²) in [7, 11) is 0. The molecule has 3 rings (SSSR count). The first-order chi connectivity index (χ1) is 8.11. The number of halogens is 2. The van der Waals surface area contributed by atoms with Crippen LogP contribution < -0.4 is 0 Å². The van der Waals surface area contributed by atoms with Crippen LogP contribution in [0, 0.1) is 13.8 Å². The van der Waals surface area contributed by atoms with Crippen LogP contribution in [0.15, 0.2) is 33.2 Å². The molecule has 0 bridgehead atoms. The van der Waals surface area contributed by atoms with Gasteiger partial charge in [-0.2, -0.15) is 0 Å². The van der Waals surface area contributed by atoms with Crippen molar-refractivity contribution in [2.24, 2.45) is 0 Å². The summed E-state index contributed by atoms with van der Waals surface area (Å²) in [6.45, 7) is 4.39. The number of hydrogen-bond donors (Lipinski definition) is 0. The Labute approximate surface area is 118 Å². The Hall–Kier alpha value is -0.600. The fraction of sp³-hybridized carbons (Fsp3) is 0.200. The van der Waals surface area contributed by atoms with Crippen molar-refractivity contribution in [3.63, 3.8) is 0 Å². The predicted octanol–water partition coefficient (Wildman–Crippen LogP) is 5.40. The van der Waals surface area contributed by atoms with E-state index in [4.69, 9.17) is 0 Å². The van der Waals surface area contributed by atoms with E-state index in [9.17, 15) is 0 Å². The van der Waals surface area contributed by atoms with E-state index in [1.54, 1.807) is 0 Å². The first kappa shape index (κ1) is 11.5. The highest BCUT2D eigenvalue weighted by atomic mass is 79.9. The zero-order chi connectivity index (χ0) is 12.2. The lowest BCUT2D eigenvalue weighted by molar-refractivity contribution is 1.18. The first-order valence-corrected chi connectivity index (χ1v) is 7.25. The molecule has 0 nitrogen and oxygen atoms in total. The minimum atomic E-state index is 1.06. The quantitative estimate of drug-likeness (QED) is 0.508. The summed E-state index contributed by atoms with van der Waals surface area (Å²) in [6.07, 6.45) is 1.06. The minimum Gasteiger partial charge on any atom is -0.0619 e. The van der Waals surface area contributed by atoms with Crippen molar-refractivity contribution in [1.29, 1.82) is 0 Å². The highest BCUT2D eigenvalue weighted by molar-refractivity contribution is 9.13. The van der Waals surface area contributed by atoms with Gasteiger partial charge in [0.05, 0.1) is 0 Å². The topological polar surface area (TPSA) is 0 Å². The lowest BCUT2D eigenvalue weighted by Crippen LogP contribution is -1.93.